The minimum absolute atomic E-state index is 0.0294. The molecule has 1 spiro atoms. The van der Waals surface area contributed by atoms with Gasteiger partial charge in [-0.3, -0.25) is 4.79 Å². The molecule has 2 saturated carbocycles. The summed E-state index contributed by atoms with van der Waals surface area (Å²) >= 11 is 0. The summed E-state index contributed by atoms with van der Waals surface area (Å²) in [6, 6.07) is 0. The summed E-state index contributed by atoms with van der Waals surface area (Å²) in [6.45, 7) is 7.69. The second-order valence-electron chi connectivity index (χ2n) is 15.1. The third-order valence-electron chi connectivity index (χ3n) is 12.4. The number of ketones is 1. The van der Waals surface area contributed by atoms with Gasteiger partial charge >= 0.3 is 17.9 Å². The summed E-state index contributed by atoms with van der Waals surface area (Å²) in [5, 5.41) is 64.8. The Morgan fingerprint density at radius 3 is 2.36 bits per heavy atom. The fourth-order valence-corrected chi connectivity index (χ4v) is 9.69. The highest BCUT2D eigenvalue weighted by Gasteiger charge is 2.85. The van der Waals surface area contributed by atoms with Gasteiger partial charge in [0.15, 0.2) is 11.5 Å². The van der Waals surface area contributed by atoms with E-state index in [1.54, 1.807) is 20.8 Å². The van der Waals surface area contributed by atoms with Crippen molar-refractivity contribution in [1.82, 2.24) is 0 Å². The van der Waals surface area contributed by atoms with Crippen molar-refractivity contribution in [3.63, 3.8) is 0 Å². The Morgan fingerprint density at radius 1 is 1.06 bits per heavy atom. The number of ether oxygens (including phenoxy) is 6. The molecule has 2 bridgehead atoms. The number of carbonyl (C=O) groups excluding carboxylic acids is 4. The highest BCUT2D eigenvalue weighted by atomic mass is 16.7. The third kappa shape index (κ3) is 4.94. The van der Waals surface area contributed by atoms with Gasteiger partial charge in [-0.15, -0.1) is 0 Å². The zero-order chi connectivity index (χ0) is 36.8. The molecule has 16 nitrogen and oxygen atoms in total. The van der Waals surface area contributed by atoms with Gasteiger partial charge in [-0.25, -0.2) is 14.4 Å². The van der Waals surface area contributed by atoms with Crippen LogP contribution in [0.25, 0.3) is 0 Å². The van der Waals surface area contributed by atoms with E-state index in [0.717, 1.165) is 7.11 Å². The molecule has 3 heterocycles. The van der Waals surface area contributed by atoms with Gasteiger partial charge in [-0.2, -0.15) is 0 Å². The molecule has 278 valence electrons. The Bertz CT molecular complexity index is 1490. The van der Waals surface area contributed by atoms with E-state index in [9.17, 15) is 49.8 Å². The van der Waals surface area contributed by atoms with Crippen LogP contribution < -0.4 is 0 Å². The summed E-state index contributed by atoms with van der Waals surface area (Å²) in [7, 11) is 1.06. The van der Waals surface area contributed by atoms with Crippen LogP contribution in [-0.2, 0) is 47.6 Å². The minimum atomic E-state index is -2.34. The van der Waals surface area contributed by atoms with Gasteiger partial charge < -0.3 is 59.1 Å². The quantitative estimate of drug-likeness (QED) is 0.0976. The zero-order valence-electron chi connectivity index (χ0n) is 28.6. The molecule has 5 unspecified atom stereocenters. The molecule has 0 radical (unpaired) electrons. The topological polar surface area (TPSA) is 245 Å². The molecule has 0 aromatic rings. The lowest BCUT2D eigenvalue weighted by Crippen LogP contribution is -2.79. The molecule has 6 rings (SSSR count). The monoisotopic (exact) mass is 710 g/mol. The molecule has 3 saturated heterocycles. The summed E-state index contributed by atoms with van der Waals surface area (Å²) in [6.07, 6.45) is -12.2. The van der Waals surface area contributed by atoms with Gasteiger partial charge in [0, 0.05) is 23.3 Å². The number of hydrogen-bond donors (Lipinski definition) is 6. The Labute approximate surface area is 287 Å². The van der Waals surface area contributed by atoms with Crippen LogP contribution in [0.5, 0.6) is 0 Å². The number of carbonyl (C=O) groups is 4. The summed E-state index contributed by atoms with van der Waals surface area (Å²) < 4.78 is 34.4. The predicted molar refractivity (Wildman–Crippen MR) is 164 cm³/mol. The van der Waals surface area contributed by atoms with Crippen LogP contribution in [0.3, 0.4) is 0 Å². The van der Waals surface area contributed by atoms with Crippen molar-refractivity contribution in [3.8, 4) is 0 Å². The smallest absolute Gasteiger partial charge is 0.348 e. The molecule has 0 amide bonds. The standard InChI is InChI=1S/C34H46O16/c1-12(2)13(3)7-19(36)50-25-27-33-11-46-34(27,31(44)45-6)28(42)24(41)26(33)32(5)9-16(20(37)14(4)15(32)8-18(33)49-29(25)43)47-30-23(40)22(39)21(38)17(10-35)48-30/h7,9,12,14-15,17-18,21-28,30,35,38-42H,8,10-11H2,1-6H3/b13-7+/t14?,15?,17-,18-,21-,22+,23-,24?,25-,26?,27-,28?,30-,32+,33-,34+/m1/s1. The number of esters is 3. The van der Waals surface area contributed by atoms with Crippen molar-refractivity contribution >= 4 is 23.7 Å². The second kappa shape index (κ2) is 12.6. The van der Waals surface area contributed by atoms with Crippen LogP contribution in [0.2, 0.25) is 0 Å². The second-order valence-corrected chi connectivity index (χ2v) is 15.1. The lowest BCUT2D eigenvalue weighted by Gasteiger charge is -2.67. The molecule has 50 heavy (non-hydrogen) atoms. The average molecular weight is 711 g/mol. The first-order chi connectivity index (χ1) is 23.4. The first-order valence-electron chi connectivity index (χ1n) is 16.8. The SMILES string of the molecule is COC(=O)[C@@]12OC[C@]34C(C(O)C1O)[C@@]1(C)C=C(O[C@@H]5O[C@H](CO)[C@@H](O)[C@H](O)[C@H]5O)C(=O)C(C)C1C[C@H]3OC(=O)[C@H](OC(=O)/C=C(\C)C(C)C)[C@H]42. The number of Topliss-reactive ketones (excluding diaryl/α,β-unsaturated/α-hetero) is 1. The molecule has 0 aromatic carbocycles. The number of aliphatic hydroxyl groups excluding tert-OH is 6. The Balaban J connectivity index is 1.47. The average Bonchev–Trinajstić information content (AvgIpc) is 3.38. The molecule has 6 aliphatic rings. The Hall–Kier alpha value is -2.96. The van der Waals surface area contributed by atoms with Crippen molar-refractivity contribution < 1.29 is 78.2 Å². The van der Waals surface area contributed by atoms with Gasteiger partial charge in [0.05, 0.1) is 32.3 Å². The fourth-order valence-electron chi connectivity index (χ4n) is 9.69. The van der Waals surface area contributed by atoms with E-state index in [0.29, 0.717) is 5.57 Å². The van der Waals surface area contributed by atoms with E-state index in [4.69, 9.17) is 28.4 Å². The Kier molecular flexibility index (Phi) is 9.29. The van der Waals surface area contributed by atoms with Gasteiger partial charge in [0.2, 0.25) is 18.0 Å². The summed E-state index contributed by atoms with van der Waals surface area (Å²) in [5.74, 6) is -7.88. The molecular formula is C34H46O16. The maximum atomic E-state index is 13.8. The molecule has 3 aliphatic heterocycles. The van der Waals surface area contributed by atoms with Crippen molar-refractivity contribution in [3.05, 3.63) is 23.5 Å². The zero-order valence-corrected chi connectivity index (χ0v) is 28.6. The van der Waals surface area contributed by atoms with E-state index < -0.39 is 126 Å². The molecule has 16 atom stereocenters. The van der Waals surface area contributed by atoms with E-state index in [1.807, 2.05) is 13.8 Å². The number of hydrogen-bond acceptors (Lipinski definition) is 16. The molecule has 3 aliphatic carbocycles. The number of methoxy groups -OCH3 is 1. The van der Waals surface area contributed by atoms with Crippen molar-refractivity contribution in [2.75, 3.05) is 20.3 Å². The van der Waals surface area contributed by atoms with Gasteiger partial charge in [0.1, 0.15) is 36.6 Å². The van der Waals surface area contributed by atoms with Gasteiger partial charge in [-0.1, -0.05) is 33.3 Å². The maximum absolute atomic E-state index is 13.8. The summed E-state index contributed by atoms with van der Waals surface area (Å²) in [4.78, 5) is 54.5. The minimum Gasteiger partial charge on any atom is -0.467 e. The van der Waals surface area contributed by atoms with Gasteiger partial charge in [-0.05, 0) is 36.7 Å². The molecule has 5 fully saturated rings. The number of rotatable bonds is 7. The van der Waals surface area contributed by atoms with E-state index in [2.05, 4.69) is 0 Å². The number of fused-ring (bicyclic) bond motifs is 2. The first-order valence-corrected chi connectivity index (χ1v) is 16.8. The molecular weight excluding hydrogens is 664 g/mol. The first kappa shape index (κ1) is 36.8. The van der Waals surface area contributed by atoms with Crippen LogP contribution in [0, 0.1) is 40.4 Å². The van der Waals surface area contributed by atoms with Crippen LogP contribution in [0.15, 0.2) is 23.5 Å². The normalized spacial score (nSPS) is 48.2. The molecule has 6 N–H and O–H groups in total. The lowest BCUT2D eigenvalue weighted by atomic mass is 9.38. The molecule has 16 heteroatoms. The van der Waals surface area contributed by atoms with E-state index in [-0.39, 0.29) is 24.7 Å². The highest BCUT2D eigenvalue weighted by Crippen LogP contribution is 2.72. The van der Waals surface area contributed by atoms with Crippen LogP contribution in [-0.4, -0.2) is 135 Å². The Morgan fingerprint density at radius 2 is 1.74 bits per heavy atom. The van der Waals surface area contributed by atoms with Crippen LogP contribution in [0.1, 0.15) is 41.0 Å². The fraction of sp³-hybridized carbons (Fsp3) is 0.765. The molecule has 0 aromatic heterocycles. The summed E-state index contributed by atoms with van der Waals surface area (Å²) in [5.41, 5.74) is -4.45. The number of allylic oxidation sites excluding steroid dienone is 3. The van der Waals surface area contributed by atoms with Crippen molar-refractivity contribution in [2.24, 2.45) is 40.4 Å². The van der Waals surface area contributed by atoms with E-state index in [1.165, 1.54) is 12.2 Å². The van der Waals surface area contributed by atoms with Crippen LogP contribution in [0.4, 0.5) is 0 Å². The van der Waals surface area contributed by atoms with Crippen molar-refractivity contribution in [1.29, 1.82) is 0 Å². The highest BCUT2D eigenvalue weighted by molar-refractivity contribution is 5.97. The predicted octanol–water partition coefficient (Wildman–Crippen LogP) is -1.73. The number of aliphatic hydroxyl groups is 6. The largest absolute Gasteiger partial charge is 0.467 e. The van der Waals surface area contributed by atoms with Crippen molar-refractivity contribution in [2.45, 2.75) is 102 Å². The lowest BCUT2D eigenvalue weighted by molar-refractivity contribution is -0.296. The van der Waals surface area contributed by atoms with E-state index >= 15 is 0 Å². The maximum Gasteiger partial charge on any atom is 0.348 e. The van der Waals surface area contributed by atoms with Gasteiger partial charge in [0.25, 0.3) is 0 Å². The van der Waals surface area contributed by atoms with Crippen LogP contribution >= 0.6 is 0 Å². The third-order valence-corrected chi connectivity index (χ3v) is 12.4.